The zero-order valence-corrected chi connectivity index (χ0v) is 12.1. The summed E-state index contributed by atoms with van der Waals surface area (Å²) in [6.07, 6.45) is 1.24. The summed E-state index contributed by atoms with van der Waals surface area (Å²) in [4.78, 5) is 13.8. The highest BCUT2D eigenvalue weighted by atomic mass is 32.2. The molecule has 1 aliphatic rings. The van der Waals surface area contributed by atoms with Crippen LogP contribution in [0.3, 0.4) is 0 Å². The highest BCUT2D eigenvalue weighted by Gasteiger charge is 2.39. The molecule has 0 aromatic heterocycles. The third kappa shape index (κ3) is 3.35. The molecule has 0 saturated carbocycles. The highest BCUT2D eigenvalue weighted by molar-refractivity contribution is 7.90. The Morgan fingerprint density at radius 1 is 1.32 bits per heavy atom. The van der Waals surface area contributed by atoms with E-state index in [4.69, 9.17) is 0 Å². The zero-order valence-electron chi connectivity index (χ0n) is 11.2. The van der Waals surface area contributed by atoms with Crippen LogP contribution in [0.25, 0.3) is 0 Å². The summed E-state index contributed by atoms with van der Waals surface area (Å²) < 4.78 is 22.2. The van der Waals surface area contributed by atoms with Crippen LogP contribution in [0.5, 0.6) is 0 Å². The standard InChI is InChI=1S/C14H19NO3S/c1-11-10-15(13(16)8-9-19(2,17)18)14(11)12-6-4-3-5-7-12/h3-7,11,14H,8-10H2,1-2H3/t11-,14+/m1/s1. The van der Waals surface area contributed by atoms with Crippen LogP contribution >= 0.6 is 0 Å². The predicted octanol–water partition coefficient (Wildman–Crippen LogP) is 1.64. The van der Waals surface area contributed by atoms with E-state index in [0.29, 0.717) is 12.5 Å². The number of nitrogens with zero attached hydrogens (tertiary/aromatic N) is 1. The molecule has 0 aliphatic carbocycles. The Morgan fingerprint density at radius 2 is 1.95 bits per heavy atom. The topological polar surface area (TPSA) is 54.5 Å². The molecular weight excluding hydrogens is 262 g/mol. The van der Waals surface area contributed by atoms with E-state index in [1.54, 1.807) is 4.90 Å². The van der Waals surface area contributed by atoms with Gasteiger partial charge in [-0.15, -0.1) is 0 Å². The Hall–Kier alpha value is -1.36. The van der Waals surface area contributed by atoms with Crippen molar-refractivity contribution < 1.29 is 13.2 Å². The summed E-state index contributed by atoms with van der Waals surface area (Å²) in [6, 6.07) is 9.98. The van der Waals surface area contributed by atoms with Gasteiger partial charge in [-0.05, 0) is 11.5 Å². The quantitative estimate of drug-likeness (QED) is 0.843. The van der Waals surface area contributed by atoms with E-state index in [0.717, 1.165) is 11.8 Å². The molecule has 0 bridgehead atoms. The van der Waals surface area contributed by atoms with Crippen LogP contribution < -0.4 is 0 Å². The molecule has 1 saturated heterocycles. The first kappa shape index (κ1) is 14.1. The summed E-state index contributed by atoms with van der Waals surface area (Å²) in [7, 11) is -3.08. The predicted molar refractivity (Wildman–Crippen MR) is 74.4 cm³/mol. The van der Waals surface area contributed by atoms with Gasteiger partial charge < -0.3 is 4.90 Å². The molecule has 1 fully saturated rings. The van der Waals surface area contributed by atoms with Gasteiger partial charge in [0.2, 0.25) is 5.91 Å². The molecule has 4 nitrogen and oxygen atoms in total. The average molecular weight is 281 g/mol. The molecule has 1 aromatic rings. The lowest BCUT2D eigenvalue weighted by Crippen LogP contribution is -2.51. The first-order valence-corrected chi connectivity index (χ1v) is 8.46. The summed E-state index contributed by atoms with van der Waals surface area (Å²) >= 11 is 0. The molecule has 0 radical (unpaired) electrons. The number of benzene rings is 1. The molecule has 0 unspecified atom stereocenters. The van der Waals surface area contributed by atoms with Crippen LogP contribution in [-0.4, -0.2) is 37.8 Å². The summed E-state index contributed by atoms with van der Waals surface area (Å²) in [5.41, 5.74) is 1.12. The van der Waals surface area contributed by atoms with Crippen molar-refractivity contribution in [2.45, 2.75) is 19.4 Å². The fourth-order valence-corrected chi connectivity index (χ4v) is 3.07. The normalized spacial score (nSPS) is 22.9. The maximum atomic E-state index is 12.1. The summed E-state index contributed by atoms with van der Waals surface area (Å²) in [5, 5.41) is 0. The first-order chi connectivity index (χ1) is 8.88. The summed E-state index contributed by atoms with van der Waals surface area (Å²) in [5.74, 6) is 0.278. The van der Waals surface area contributed by atoms with Gasteiger partial charge in [-0.3, -0.25) is 4.79 Å². The second-order valence-corrected chi connectivity index (χ2v) is 7.52. The van der Waals surface area contributed by atoms with Gasteiger partial charge in [0.15, 0.2) is 0 Å². The minimum Gasteiger partial charge on any atom is -0.335 e. The Kier molecular flexibility index (Phi) is 3.94. The molecule has 0 spiro atoms. The third-order valence-electron chi connectivity index (χ3n) is 3.51. The monoisotopic (exact) mass is 281 g/mol. The molecule has 1 amide bonds. The van der Waals surface area contributed by atoms with Crippen molar-refractivity contribution in [3.05, 3.63) is 35.9 Å². The van der Waals surface area contributed by atoms with Gasteiger partial charge in [0.05, 0.1) is 11.8 Å². The smallest absolute Gasteiger partial charge is 0.224 e. The van der Waals surface area contributed by atoms with Crippen molar-refractivity contribution in [2.75, 3.05) is 18.6 Å². The average Bonchev–Trinajstić information content (AvgIpc) is 2.33. The number of sulfone groups is 1. The van der Waals surface area contributed by atoms with E-state index >= 15 is 0 Å². The minimum absolute atomic E-state index is 0.0712. The van der Waals surface area contributed by atoms with Crippen molar-refractivity contribution in [2.24, 2.45) is 5.92 Å². The van der Waals surface area contributed by atoms with Crippen LogP contribution in [0, 0.1) is 5.92 Å². The molecular formula is C14H19NO3S. The number of carbonyl (C=O) groups is 1. The molecule has 5 heteroatoms. The molecule has 1 heterocycles. The van der Waals surface area contributed by atoms with E-state index in [1.807, 2.05) is 30.3 Å². The second kappa shape index (κ2) is 5.33. The lowest BCUT2D eigenvalue weighted by atomic mass is 9.84. The van der Waals surface area contributed by atoms with Gasteiger partial charge in [-0.25, -0.2) is 8.42 Å². The van der Waals surface area contributed by atoms with Crippen molar-refractivity contribution in [1.82, 2.24) is 4.90 Å². The number of rotatable bonds is 4. The van der Waals surface area contributed by atoms with Gasteiger partial charge in [0, 0.05) is 19.2 Å². The van der Waals surface area contributed by atoms with E-state index in [-0.39, 0.29) is 24.1 Å². The SMILES string of the molecule is C[C@@H]1CN(C(=O)CCS(C)(=O)=O)[C@@H]1c1ccccc1. The first-order valence-electron chi connectivity index (χ1n) is 6.40. The van der Waals surface area contributed by atoms with E-state index in [2.05, 4.69) is 6.92 Å². The third-order valence-corrected chi connectivity index (χ3v) is 4.45. The maximum absolute atomic E-state index is 12.1. The van der Waals surface area contributed by atoms with Crippen LogP contribution in [0.2, 0.25) is 0 Å². The van der Waals surface area contributed by atoms with Crippen LogP contribution in [0.4, 0.5) is 0 Å². The fraction of sp³-hybridized carbons (Fsp3) is 0.500. The van der Waals surface area contributed by atoms with Crippen molar-refractivity contribution in [3.63, 3.8) is 0 Å². The second-order valence-electron chi connectivity index (χ2n) is 5.26. The fourth-order valence-electron chi connectivity index (χ4n) is 2.52. The van der Waals surface area contributed by atoms with Gasteiger partial charge in [-0.2, -0.15) is 0 Å². The zero-order chi connectivity index (χ0) is 14.0. The van der Waals surface area contributed by atoms with Crippen LogP contribution in [0.15, 0.2) is 30.3 Å². The minimum atomic E-state index is -3.08. The largest absolute Gasteiger partial charge is 0.335 e. The molecule has 1 aliphatic heterocycles. The highest BCUT2D eigenvalue weighted by Crippen LogP contribution is 2.38. The van der Waals surface area contributed by atoms with Gasteiger partial charge >= 0.3 is 0 Å². The Balaban J connectivity index is 2.03. The number of hydrogen-bond acceptors (Lipinski definition) is 3. The maximum Gasteiger partial charge on any atom is 0.224 e. The van der Waals surface area contributed by atoms with Gasteiger partial charge in [0.1, 0.15) is 9.84 Å². The van der Waals surface area contributed by atoms with Gasteiger partial charge in [0.25, 0.3) is 0 Å². The molecule has 104 valence electrons. The van der Waals surface area contributed by atoms with Gasteiger partial charge in [-0.1, -0.05) is 37.3 Å². The lowest BCUT2D eigenvalue weighted by Gasteiger charge is -2.47. The van der Waals surface area contributed by atoms with Crippen LogP contribution in [0.1, 0.15) is 24.9 Å². The Bertz CT molecular complexity index is 553. The molecule has 0 N–H and O–H groups in total. The Labute approximate surface area is 114 Å². The molecule has 19 heavy (non-hydrogen) atoms. The summed E-state index contributed by atoms with van der Waals surface area (Å²) in [6.45, 7) is 2.82. The number of amides is 1. The lowest BCUT2D eigenvalue weighted by molar-refractivity contribution is -0.143. The number of carbonyl (C=O) groups excluding carboxylic acids is 1. The van der Waals surface area contributed by atoms with Crippen molar-refractivity contribution >= 4 is 15.7 Å². The molecule has 2 atom stereocenters. The molecule has 2 rings (SSSR count). The Morgan fingerprint density at radius 3 is 2.47 bits per heavy atom. The van der Waals surface area contributed by atoms with Crippen molar-refractivity contribution in [1.29, 1.82) is 0 Å². The van der Waals surface area contributed by atoms with E-state index in [1.165, 1.54) is 0 Å². The van der Waals surface area contributed by atoms with E-state index < -0.39 is 9.84 Å². The van der Waals surface area contributed by atoms with Crippen molar-refractivity contribution in [3.8, 4) is 0 Å². The molecule has 1 aromatic carbocycles. The van der Waals surface area contributed by atoms with Crippen LogP contribution in [-0.2, 0) is 14.6 Å². The number of likely N-dealkylation sites (tertiary alicyclic amines) is 1. The number of hydrogen-bond donors (Lipinski definition) is 0. The van der Waals surface area contributed by atoms with E-state index in [9.17, 15) is 13.2 Å².